The topological polar surface area (TPSA) is 32.5 Å². The molecule has 1 saturated heterocycles. The van der Waals surface area contributed by atoms with Crippen molar-refractivity contribution in [1.29, 1.82) is 0 Å². The molecule has 1 aromatic carbocycles. The molecule has 0 amide bonds. The van der Waals surface area contributed by atoms with Crippen LogP contribution in [0.1, 0.15) is 25.3 Å². The minimum atomic E-state index is 0.203. The van der Waals surface area contributed by atoms with Crippen LogP contribution in [0.3, 0.4) is 0 Å². The van der Waals surface area contributed by atoms with E-state index in [1.165, 1.54) is 24.1 Å². The average Bonchev–Trinajstić information content (AvgIpc) is 2.40. The Bertz CT molecular complexity index is 437. The van der Waals surface area contributed by atoms with Gasteiger partial charge in [-0.3, -0.25) is 0 Å². The summed E-state index contributed by atoms with van der Waals surface area (Å²) in [5, 5.41) is 0. The maximum Gasteiger partial charge on any atom is 0.0410 e. The summed E-state index contributed by atoms with van der Waals surface area (Å²) in [4.78, 5) is 4.86. The van der Waals surface area contributed by atoms with Crippen LogP contribution in [0, 0.1) is 0 Å². The maximum absolute atomic E-state index is 5.99. The van der Waals surface area contributed by atoms with Crippen LogP contribution < -0.4 is 10.6 Å². The maximum atomic E-state index is 5.99. The van der Waals surface area contributed by atoms with E-state index < -0.39 is 0 Å². The van der Waals surface area contributed by atoms with Crippen molar-refractivity contribution >= 4 is 21.6 Å². The standard InChI is InChI=1S/C16H26BrN3/c1-12(18)10-13-4-5-14(17)11-16(13)20-8-6-15(7-9-20)19(2)3/h4-5,11-12,15H,6-10,18H2,1-3H3. The van der Waals surface area contributed by atoms with E-state index in [0.717, 1.165) is 30.0 Å². The van der Waals surface area contributed by atoms with E-state index in [1.807, 2.05) is 0 Å². The molecule has 1 heterocycles. The zero-order valence-electron chi connectivity index (χ0n) is 12.8. The molecule has 1 fully saturated rings. The second kappa shape index (κ2) is 6.92. The lowest BCUT2D eigenvalue weighted by molar-refractivity contribution is 0.249. The van der Waals surface area contributed by atoms with E-state index in [4.69, 9.17) is 5.73 Å². The Morgan fingerprint density at radius 1 is 1.35 bits per heavy atom. The molecule has 112 valence electrons. The van der Waals surface area contributed by atoms with Crippen molar-refractivity contribution in [2.24, 2.45) is 5.73 Å². The van der Waals surface area contributed by atoms with Crippen LogP contribution in [0.2, 0.25) is 0 Å². The van der Waals surface area contributed by atoms with Gasteiger partial charge in [0.2, 0.25) is 0 Å². The molecule has 2 N–H and O–H groups in total. The number of halogens is 1. The largest absolute Gasteiger partial charge is 0.371 e. The zero-order chi connectivity index (χ0) is 14.7. The van der Waals surface area contributed by atoms with E-state index in [-0.39, 0.29) is 6.04 Å². The third kappa shape index (κ3) is 3.96. The Kier molecular flexibility index (Phi) is 5.47. The Morgan fingerprint density at radius 3 is 2.55 bits per heavy atom. The number of hydrogen-bond acceptors (Lipinski definition) is 3. The number of nitrogens with zero attached hydrogens (tertiary/aromatic N) is 2. The van der Waals surface area contributed by atoms with Crippen molar-refractivity contribution in [3.63, 3.8) is 0 Å². The Labute approximate surface area is 131 Å². The van der Waals surface area contributed by atoms with E-state index in [9.17, 15) is 0 Å². The van der Waals surface area contributed by atoms with Crippen molar-refractivity contribution in [2.45, 2.75) is 38.3 Å². The van der Waals surface area contributed by atoms with Crippen LogP contribution >= 0.6 is 15.9 Å². The fourth-order valence-electron chi connectivity index (χ4n) is 2.97. The lowest BCUT2D eigenvalue weighted by Crippen LogP contribution is -2.42. The van der Waals surface area contributed by atoms with Crippen molar-refractivity contribution in [1.82, 2.24) is 4.90 Å². The first kappa shape index (κ1) is 15.8. The van der Waals surface area contributed by atoms with Crippen LogP contribution in [0.25, 0.3) is 0 Å². The van der Waals surface area contributed by atoms with Gasteiger partial charge in [-0.1, -0.05) is 22.0 Å². The summed E-state index contributed by atoms with van der Waals surface area (Å²) in [5.74, 6) is 0. The smallest absolute Gasteiger partial charge is 0.0410 e. The van der Waals surface area contributed by atoms with Gasteiger partial charge in [-0.05, 0) is 58.0 Å². The van der Waals surface area contributed by atoms with Crippen molar-refractivity contribution in [2.75, 3.05) is 32.1 Å². The highest BCUT2D eigenvalue weighted by molar-refractivity contribution is 9.10. The number of anilines is 1. The monoisotopic (exact) mass is 339 g/mol. The number of piperidine rings is 1. The van der Waals surface area contributed by atoms with Gasteiger partial charge in [0.25, 0.3) is 0 Å². The number of nitrogens with two attached hydrogens (primary N) is 1. The third-order valence-electron chi connectivity index (χ3n) is 4.12. The van der Waals surface area contributed by atoms with Gasteiger partial charge >= 0.3 is 0 Å². The summed E-state index contributed by atoms with van der Waals surface area (Å²) >= 11 is 3.60. The fraction of sp³-hybridized carbons (Fsp3) is 0.625. The predicted octanol–water partition coefficient (Wildman–Crippen LogP) is 2.87. The average molecular weight is 340 g/mol. The van der Waals surface area contributed by atoms with Gasteiger partial charge in [0.05, 0.1) is 0 Å². The van der Waals surface area contributed by atoms with E-state index in [1.54, 1.807) is 0 Å². The van der Waals surface area contributed by atoms with Gasteiger partial charge in [0, 0.05) is 35.3 Å². The van der Waals surface area contributed by atoms with Gasteiger partial charge < -0.3 is 15.5 Å². The van der Waals surface area contributed by atoms with Crippen LogP contribution in [0.4, 0.5) is 5.69 Å². The first-order valence-electron chi connectivity index (χ1n) is 7.42. The van der Waals surface area contributed by atoms with E-state index in [2.05, 4.69) is 64.9 Å². The van der Waals surface area contributed by atoms with Crippen LogP contribution in [-0.2, 0) is 6.42 Å². The first-order chi connectivity index (χ1) is 9.47. The minimum Gasteiger partial charge on any atom is -0.371 e. The van der Waals surface area contributed by atoms with Gasteiger partial charge in [-0.2, -0.15) is 0 Å². The molecule has 1 aliphatic rings. The van der Waals surface area contributed by atoms with E-state index >= 15 is 0 Å². The lowest BCUT2D eigenvalue weighted by Gasteiger charge is -2.37. The molecule has 0 spiro atoms. The highest BCUT2D eigenvalue weighted by Crippen LogP contribution is 2.29. The summed E-state index contributed by atoms with van der Waals surface area (Å²) < 4.78 is 1.15. The highest BCUT2D eigenvalue weighted by Gasteiger charge is 2.22. The van der Waals surface area contributed by atoms with Crippen LogP contribution in [0.15, 0.2) is 22.7 Å². The minimum absolute atomic E-state index is 0.203. The van der Waals surface area contributed by atoms with Crippen LogP contribution in [0.5, 0.6) is 0 Å². The van der Waals surface area contributed by atoms with Gasteiger partial charge in [-0.25, -0.2) is 0 Å². The summed E-state index contributed by atoms with van der Waals surface area (Å²) in [7, 11) is 4.36. The molecular formula is C16H26BrN3. The molecule has 1 atom stereocenters. The number of hydrogen-bond donors (Lipinski definition) is 1. The Hall–Kier alpha value is -0.580. The molecule has 0 saturated carbocycles. The second-order valence-electron chi connectivity index (χ2n) is 6.14. The van der Waals surface area contributed by atoms with Gasteiger partial charge in [0.15, 0.2) is 0 Å². The lowest BCUT2D eigenvalue weighted by atomic mass is 10.00. The molecule has 20 heavy (non-hydrogen) atoms. The van der Waals surface area contributed by atoms with Crippen molar-refractivity contribution < 1.29 is 0 Å². The summed E-state index contributed by atoms with van der Waals surface area (Å²) in [6.07, 6.45) is 3.41. The first-order valence-corrected chi connectivity index (χ1v) is 8.22. The summed E-state index contributed by atoms with van der Waals surface area (Å²) in [6, 6.07) is 7.49. The third-order valence-corrected chi connectivity index (χ3v) is 4.62. The Morgan fingerprint density at radius 2 is 2.00 bits per heavy atom. The number of rotatable bonds is 4. The normalized spacial score (nSPS) is 18.6. The molecule has 2 rings (SSSR count). The van der Waals surface area contributed by atoms with Crippen molar-refractivity contribution in [3.05, 3.63) is 28.2 Å². The van der Waals surface area contributed by atoms with Crippen LogP contribution in [-0.4, -0.2) is 44.2 Å². The Balaban J connectivity index is 2.14. The predicted molar refractivity (Wildman–Crippen MR) is 90.4 cm³/mol. The summed E-state index contributed by atoms with van der Waals surface area (Å²) in [6.45, 7) is 4.33. The molecule has 0 radical (unpaired) electrons. The molecular weight excluding hydrogens is 314 g/mol. The molecule has 4 heteroatoms. The molecule has 0 aromatic heterocycles. The van der Waals surface area contributed by atoms with Crippen molar-refractivity contribution in [3.8, 4) is 0 Å². The highest BCUT2D eigenvalue weighted by atomic mass is 79.9. The second-order valence-corrected chi connectivity index (χ2v) is 7.05. The molecule has 1 aliphatic heterocycles. The molecule has 1 aromatic rings. The molecule has 0 aliphatic carbocycles. The fourth-order valence-corrected chi connectivity index (χ4v) is 3.32. The zero-order valence-corrected chi connectivity index (χ0v) is 14.4. The molecule has 3 nitrogen and oxygen atoms in total. The van der Waals surface area contributed by atoms with E-state index in [0.29, 0.717) is 0 Å². The SMILES string of the molecule is CC(N)Cc1ccc(Br)cc1N1CCC(N(C)C)CC1. The summed E-state index contributed by atoms with van der Waals surface area (Å²) in [5.41, 5.74) is 8.71. The molecule has 1 unspecified atom stereocenters. The van der Waals surface area contributed by atoms with Gasteiger partial charge in [0.1, 0.15) is 0 Å². The quantitative estimate of drug-likeness (QED) is 0.915. The molecule has 0 bridgehead atoms. The number of benzene rings is 1. The van der Waals surface area contributed by atoms with Gasteiger partial charge in [-0.15, -0.1) is 0 Å².